The molecule has 2 rings (SSSR count). The summed E-state index contributed by atoms with van der Waals surface area (Å²) in [5.41, 5.74) is 1.15. The second kappa shape index (κ2) is 6.56. The summed E-state index contributed by atoms with van der Waals surface area (Å²) < 4.78 is 0. The molecular formula is C17H22N2O. The molecule has 0 bridgehead atoms. The van der Waals surface area contributed by atoms with Gasteiger partial charge >= 0.3 is 0 Å². The first-order valence-electron chi connectivity index (χ1n) is 7.52. The quantitative estimate of drug-likeness (QED) is 0.842. The lowest BCUT2D eigenvalue weighted by Crippen LogP contribution is -2.34. The van der Waals surface area contributed by atoms with Gasteiger partial charge < -0.3 is 5.32 Å². The van der Waals surface area contributed by atoms with E-state index in [0.29, 0.717) is 12.8 Å². The molecule has 106 valence electrons. The highest BCUT2D eigenvalue weighted by Crippen LogP contribution is 2.35. The van der Waals surface area contributed by atoms with Gasteiger partial charge in [0.05, 0.1) is 6.07 Å². The molecule has 0 heterocycles. The van der Waals surface area contributed by atoms with Crippen molar-refractivity contribution in [2.75, 3.05) is 5.32 Å². The average molecular weight is 270 g/mol. The second-order valence-electron chi connectivity index (χ2n) is 5.62. The van der Waals surface area contributed by atoms with Crippen LogP contribution in [0.15, 0.2) is 24.3 Å². The fourth-order valence-corrected chi connectivity index (χ4v) is 2.84. The van der Waals surface area contributed by atoms with Crippen molar-refractivity contribution in [3.63, 3.8) is 0 Å². The number of benzene rings is 1. The van der Waals surface area contributed by atoms with Crippen LogP contribution in [0, 0.1) is 16.7 Å². The second-order valence-corrected chi connectivity index (χ2v) is 5.62. The van der Waals surface area contributed by atoms with E-state index in [2.05, 4.69) is 18.3 Å². The molecule has 0 atom stereocenters. The van der Waals surface area contributed by atoms with E-state index in [1.54, 1.807) is 0 Å². The van der Waals surface area contributed by atoms with E-state index in [4.69, 9.17) is 0 Å². The summed E-state index contributed by atoms with van der Waals surface area (Å²) in [4.78, 5) is 12.5. The van der Waals surface area contributed by atoms with Crippen LogP contribution in [0.2, 0.25) is 0 Å². The topological polar surface area (TPSA) is 52.9 Å². The standard InChI is InChI=1S/C17H22N2O/c1-2-14-8-7-9-15(12-14)19-16(20)17(13-18)10-5-3-4-6-11-17/h7-9,12H,2-6,10-11H2,1H3,(H,19,20). The molecule has 1 aliphatic rings. The Kier molecular flexibility index (Phi) is 4.79. The van der Waals surface area contributed by atoms with Gasteiger partial charge in [0.1, 0.15) is 5.41 Å². The normalized spacial score (nSPS) is 17.8. The molecule has 3 nitrogen and oxygen atoms in total. The van der Waals surface area contributed by atoms with Crippen LogP contribution in [-0.4, -0.2) is 5.91 Å². The van der Waals surface area contributed by atoms with E-state index in [1.807, 2.05) is 24.3 Å². The van der Waals surface area contributed by atoms with Crippen LogP contribution < -0.4 is 5.32 Å². The van der Waals surface area contributed by atoms with Crippen molar-refractivity contribution in [2.45, 2.75) is 51.9 Å². The average Bonchev–Trinajstić information content (AvgIpc) is 2.74. The largest absolute Gasteiger partial charge is 0.325 e. The van der Waals surface area contributed by atoms with Crippen molar-refractivity contribution in [1.29, 1.82) is 5.26 Å². The summed E-state index contributed by atoms with van der Waals surface area (Å²) >= 11 is 0. The van der Waals surface area contributed by atoms with Gasteiger partial charge in [0, 0.05) is 5.69 Å². The first-order chi connectivity index (χ1) is 9.70. The Hall–Kier alpha value is -1.82. The van der Waals surface area contributed by atoms with E-state index in [9.17, 15) is 10.1 Å². The van der Waals surface area contributed by atoms with Gasteiger partial charge in [-0.05, 0) is 37.0 Å². The van der Waals surface area contributed by atoms with E-state index in [0.717, 1.165) is 37.8 Å². The van der Waals surface area contributed by atoms with E-state index >= 15 is 0 Å². The van der Waals surface area contributed by atoms with Crippen LogP contribution in [0.5, 0.6) is 0 Å². The van der Waals surface area contributed by atoms with Gasteiger partial charge in [-0.15, -0.1) is 0 Å². The number of carbonyl (C=O) groups is 1. The zero-order valence-electron chi connectivity index (χ0n) is 12.1. The Morgan fingerprint density at radius 2 is 2.00 bits per heavy atom. The van der Waals surface area contributed by atoms with Gasteiger partial charge in [0.25, 0.3) is 0 Å². The zero-order valence-corrected chi connectivity index (χ0v) is 12.1. The van der Waals surface area contributed by atoms with Crippen molar-refractivity contribution in [1.82, 2.24) is 0 Å². The summed E-state index contributed by atoms with van der Waals surface area (Å²) in [6.07, 6.45) is 6.49. The lowest BCUT2D eigenvalue weighted by atomic mass is 9.81. The van der Waals surface area contributed by atoms with Crippen LogP contribution in [0.4, 0.5) is 5.69 Å². The van der Waals surface area contributed by atoms with Gasteiger partial charge in [-0.1, -0.05) is 44.7 Å². The number of hydrogen-bond donors (Lipinski definition) is 1. The van der Waals surface area contributed by atoms with Gasteiger partial charge in [-0.2, -0.15) is 5.26 Å². The molecule has 1 N–H and O–H groups in total. The van der Waals surface area contributed by atoms with Crippen molar-refractivity contribution in [3.8, 4) is 6.07 Å². The molecule has 0 spiro atoms. The van der Waals surface area contributed by atoms with Crippen LogP contribution in [0.25, 0.3) is 0 Å². The zero-order chi connectivity index (χ0) is 14.4. The Labute approximate surface area is 121 Å². The molecule has 1 aromatic carbocycles. The molecule has 3 heteroatoms. The predicted molar refractivity (Wildman–Crippen MR) is 80.2 cm³/mol. The summed E-state index contributed by atoms with van der Waals surface area (Å²) in [6, 6.07) is 10.2. The third kappa shape index (κ3) is 3.19. The predicted octanol–water partition coefficient (Wildman–Crippen LogP) is 4.05. The highest BCUT2D eigenvalue weighted by Gasteiger charge is 2.38. The van der Waals surface area contributed by atoms with Gasteiger partial charge in [0.2, 0.25) is 5.91 Å². The van der Waals surface area contributed by atoms with Crippen LogP contribution in [0.3, 0.4) is 0 Å². The number of aryl methyl sites for hydroxylation is 1. The number of amides is 1. The molecule has 0 radical (unpaired) electrons. The summed E-state index contributed by atoms with van der Waals surface area (Å²) in [6.45, 7) is 2.09. The minimum Gasteiger partial charge on any atom is -0.325 e. The van der Waals surface area contributed by atoms with Gasteiger partial charge in [-0.25, -0.2) is 0 Å². The molecule has 1 aromatic rings. The third-order valence-corrected chi connectivity index (χ3v) is 4.20. The smallest absolute Gasteiger partial charge is 0.244 e. The van der Waals surface area contributed by atoms with E-state index in [-0.39, 0.29) is 5.91 Å². The molecule has 20 heavy (non-hydrogen) atoms. The summed E-state index contributed by atoms with van der Waals surface area (Å²) in [5, 5.41) is 12.4. The lowest BCUT2D eigenvalue weighted by Gasteiger charge is -2.23. The SMILES string of the molecule is CCc1cccc(NC(=O)C2(C#N)CCCCCC2)c1. The number of rotatable bonds is 3. The molecule has 0 aromatic heterocycles. The minimum absolute atomic E-state index is 0.129. The number of nitriles is 1. The number of carbonyl (C=O) groups excluding carboxylic acids is 1. The number of hydrogen-bond acceptors (Lipinski definition) is 2. The lowest BCUT2D eigenvalue weighted by molar-refractivity contribution is -0.123. The maximum Gasteiger partial charge on any atom is 0.244 e. The monoisotopic (exact) mass is 270 g/mol. The number of anilines is 1. The summed E-state index contributed by atoms with van der Waals surface area (Å²) in [5.74, 6) is -0.129. The molecule has 1 amide bonds. The fourth-order valence-electron chi connectivity index (χ4n) is 2.84. The van der Waals surface area contributed by atoms with Crippen LogP contribution in [0.1, 0.15) is 51.0 Å². The van der Waals surface area contributed by atoms with Crippen molar-refractivity contribution < 1.29 is 4.79 Å². The minimum atomic E-state index is -0.835. The molecule has 1 saturated carbocycles. The Balaban J connectivity index is 2.14. The highest BCUT2D eigenvalue weighted by molar-refractivity contribution is 5.97. The van der Waals surface area contributed by atoms with Crippen molar-refractivity contribution in [2.24, 2.45) is 5.41 Å². The number of nitrogens with one attached hydrogen (secondary N) is 1. The third-order valence-electron chi connectivity index (χ3n) is 4.20. The maximum absolute atomic E-state index is 12.5. The Morgan fingerprint density at radius 3 is 2.60 bits per heavy atom. The fraction of sp³-hybridized carbons (Fsp3) is 0.529. The molecule has 1 aliphatic carbocycles. The van der Waals surface area contributed by atoms with Crippen LogP contribution >= 0.6 is 0 Å². The van der Waals surface area contributed by atoms with E-state index in [1.165, 1.54) is 5.56 Å². The molecule has 0 aliphatic heterocycles. The molecule has 0 unspecified atom stereocenters. The molecular weight excluding hydrogens is 248 g/mol. The van der Waals surface area contributed by atoms with Gasteiger partial charge in [-0.3, -0.25) is 4.79 Å². The summed E-state index contributed by atoms with van der Waals surface area (Å²) in [7, 11) is 0. The maximum atomic E-state index is 12.5. The molecule has 1 fully saturated rings. The van der Waals surface area contributed by atoms with Gasteiger partial charge in [0.15, 0.2) is 0 Å². The van der Waals surface area contributed by atoms with E-state index < -0.39 is 5.41 Å². The Morgan fingerprint density at radius 1 is 1.30 bits per heavy atom. The first kappa shape index (κ1) is 14.6. The Bertz CT molecular complexity index is 508. The number of nitrogens with zero attached hydrogens (tertiary/aromatic N) is 1. The highest BCUT2D eigenvalue weighted by atomic mass is 16.2. The van der Waals surface area contributed by atoms with Crippen LogP contribution in [-0.2, 0) is 11.2 Å². The van der Waals surface area contributed by atoms with Crippen molar-refractivity contribution >= 4 is 11.6 Å². The molecule has 0 saturated heterocycles. The first-order valence-corrected chi connectivity index (χ1v) is 7.52. The van der Waals surface area contributed by atoms with Crippen molar-refractivity contribution in [3.05, 3.63) is 29.8 Å².